The second kappa shape index (κ2) is 6.97. The summed E-state index contributed by atoms with van der Waals surface area (Å²) in [5.41, 5.74) is 0.949. The highest BCUT2D eigenvalue weighted by Gasteiger charge is 2.25. The van der Waals surface area contributed by atoms with Crippen LogP contribution in [-0.4, -0.2) is 56.3 Å². The van der Waals surface area contributed by atoms with E-state index in [1.807, 2.05) is 0 Å². The minimum absolute atomic E-state index is 0.141. The Morgan fingerprint density at radius 3 is 2.59 bits per heavy atom. The Hall–Kier alpha value is -2.98. The van der Waals surface area contributed by atoms with Crippen molar-refractivity contribution in [3.8, 4) is 22.6 Å². The molecule has 140 valence electrons. The zero-order valence-corrected chi connectivity index (χ0v) is 14.4. The number of tetrazole rings is 1. The molecule has 1 saturated heterocycles. The van der Waals surface area contributed by atoms with Crippen molar-refractivity contribution in [3.05, 3.63) is 42.1 Å². The number of hydrogen-bond acceptors (Lipinski definition) is 7. The molecule has 1 aliphatic rings. The molecule has 1 atom stereocenters. The first-order valence-corrected chi connectivity index (χ1v) is 8.22. The van der Waals surface area contributed by atoms with Gasteiger partial charge in [-0.2, -0.15) is 4.80 Å². The zero-order chi connectivity index (χ0) is 19.0. The molecule has 1 aliphatic heterocycles. The number of nitrogens with zero attached hydrogens (tertiary/aromatic N) is 6. The molecule has 0 bridgehead atoms. The molecule has 2 aromatic heterocycles. The van der Waals surface area contributed by atoms with Crippen LogP contribution < -0.4 is 4.90 Å². The first-order valence-electron chi connectivity index (χ1n) is 8.22. The topological polar surface area (TPSA) is 89.2 Å². The first-order chi connectivity index (χ1) is 13.0. The molecule has 0 amide bonds. The molecule has 1 N–H and O–H groups in total. The molecule has 1 aromatic carbocycles. The number of benzene rings is 1. The van der Waals surface area contributed by atoms with Gasteiger partial charge in [-0.15, -0.1) is 10.2 Å². The minimum Gasteiger partial charge on any atom is -0.394 e. The van der Waals surface area contributed by atoms with Crippen LogP contribution in [0.1, 0.15) is 0 Å². The third-order valence-corrected chi connectivity index (χ3v) is 4.28. The lowest BCUT2D eigenvalue weighted by Crippen LogP contribution is -2.23. The fourth-order valence-electron chi connectivity index (χ4n) is 2.92. The smallest absolute Gasteiger partial charge is 0.223 e. The van der Waals surface area contributed by atoms with E-state index in [1.165, 1.54) is 23.1 Å². The van der Waals surface area contributed by atoms with Gasteiger partial charge in [-0.25, -0.2) is 8.78 Å². The van der Waals surface area contributed by atoms with Crippen molar-refractivity contribution in [2.24, 2.45) is 7.05 Å². The standard InChI is InChI=1S/C17H16F2N6O2/c1-24-22-17(21-23-24)15-3-2-10(6-20-15)16-13(18)4-11(5-14(16)19)25-7-12(8-26)27-9-25/h2-6,12,26H,7-9H2,1H3/t12-/m1/s1. The van der Waals surface area contributed by atoms with Gasteiger partial charge in [0.2, 0.25) is 5.82 Å². The lowest BCUT2D eigenvalue weighted by molar-refractivity contribution is 0.0645. The molecule has 0 aliphatic carbocycles. The second-order valence-corrected chi connectivity index (χ2v) is 6.14. The highest BCUT2D eigenvalue weighted by atomic mass is 19.1. The summed E-state index contributed by atoms with van der Waals surface area (Å²) < 4.78 is 34.6. The van der Waals surface area contributed by atoms with Crippen LogP contribution in [0, 0.1) is 11.6 Å². The van der Waals surface area contributed by atoms with Crippen molar-refractivity contribution in [2.45, 2.75) is 6.10 Å². The van der Waals surface area contributed by atoms with Gasteiger partial charge in [0.05, 0.1) is 19.2 Å². The summed E-state index contributed by atoms with van der Waals surface area (Å²) in [5, 5.41) is 20.7. The van der Waals surface area contributed by atoms with Gasteiger partial charge in [0.1, 0.15) is 30.2 Å². The van der Waals surface area contributed by atoms with Gasteiger partial charge in [0.25, 0.3) is 0 Å². The normalized spacial score (nSPS) is 16.9. The minimum atomic E-state index is -0.704. The fraction of sp³-hybridized carbons (Fsp3) is 0.294. The van der Waals surface area contributed by atoms with Crippen LogP contribution >= 0.6 is 0 Å². The van der Waals surface area contributed by atoms with E-state index in [1.54, 1.807) is 24.1 Å². The summed E-state index contributed by atoms with van der Waals surface area (Å²) in [6.07, 6.45) is 1.01. The van der Waals surface area contributed by atoms with Crippen LogP contribution in [0.4, 0.5) is 14.5 Å². The Kier molecular flexibility index (Phi) is 4.50. The predicted molar refractivity (Wildman–Crippen MR) is 91.6 cm³/mol. The molecule has 0 spiro atoms. The van der Waals surface area contributed by atoms with Gasteiger partial charge in [0, 0.05) is 24.0 Å². The lowest BCUT2D eigenvalue weighted by atomic mass is 10.0. The van der Waals surface area contributed by atoms with E-state index < -0.39 is 11.6 Å². The van der Waals surface area contributed by atoms with Gasteiger partial charge in [-0.3, -0.25) is 4.98 Å². The average Bonchev–Trinajstić information content (AvgIpc) is 3.30. The number of aliphatic hydroxyl groups excluding tert-OH is 1. The monoisotopic (exact) mass is 374 g/mol. The number of hydrogen-bond donors (Lipinski definition) is 1. The van der Waals surface area contributed by atoms with Gasteiger partial charge >= 0.3 is 0 Å². The van der Waals surface area contributed by atoms with Crippen LogP contribution in [0.25, 0.3) is 22.6 Å². The Labute approximate surface area is 153 Å². The Morgan fingerprint density at radius 1 is 1.26 bits per heavy atom. The lowest BCUT2D eigenvalue weighted by Gasteiger charge is -2.17. The highest BCUT2D eigenvalue weighted by Crippen LogP contribution is 2.31. The number of pyridine rings is 1. The van der Waals surface area contributed by atoms with Crippen LogP contribution in [-0.2, 0) is 11.8 Å². The van der Waals surface area contributed by atoms with Crippen molar-refractivity contribution in [3.63, 3.8) is 0 Å². The average molecular weight is 374 g/mol. The van der Waals surface area contributed by atoms with Crippen molar-refractivity contribution >= 4 is 5.69 Å². The van der Waals surface area contributed by atoms with E-state index in [0.717, 1.165) is 0 Å². The van der Waals surface area contributed by atoms with E-state index in [9.17, 15) is 8.78 Å². The number of aryl methyl sites for hydroxylation is 1. The molecule has 27 heavy (non-hydrogen) atoms. The van der Waals surface area contributed by atoms with E-state index >= 15 is 0 Å². The fourth-order valence-corrected chi connectivity index (χ4v) is 2.92. The highest BCUT2D eigenvalue weighted by molar-refractivity contribution is 5.69. The number of aliphatic hydroxyl groups is 1. The van der Waals surface area contributed by atoms with Crippen LogP contribution in [0.3, 0.4) is 0 Å². The number of rotatable bonds is 4. The summed E-state index contributed by atoms with van der Waals surface area (Å²) in [7, 11) is 1.63. The summed E-state index contributed by atoms with van der Waals surface area (Å²) in [5.74, 6) is -1.08. The predicted octanol–water partition coefficient (Wildman–Crippen LogP) is 1.37. The molecule has 1 fully saturated rings. The molecule has 0 unspecified atom stereocenters. The maximum Gasteiger partial charge on any atom is 0.223 e. The SMILES string of the molecule is Cn1nnc(-c2ccc(-c3c(F)cc(N4CO[C@@H](CO)C4)cc3F)cn2)n1. The van der Waals surface area contributed by atoms with E-state index in [0.29, 0.717) is 29.3 Å². The van der Waals surface area contributed by atoms with Crippen molar-refractivity contribution < 1.29 is 18.6 Å². The Balaban J connectivity index is 1.62. The van der Waals surface area contributed by atoms with Crippen LogP contribution in [0.2, 0.25) is 0 Å². The molecule has 0 radical (unpaired) electrons. The summed E-state index contributed by atoms with van der Waals surface area (Å²) in [6, 6.07) is 5.64. The Morgan fingerprint density at radius 2 is 2.04 bits per heavy atom. The number of anilines is 1. The third-order valence-electron chi connectivity index (χ3n) is 4.28. The van der Waals surface area contributed by atoms with Gasteiger partial charge in [-0.1, -0.05) is 6.07 Å². The van der Waals surface area contributed by atoms with E-state index in [4.69, 9.17) is 9.84 Å². The van der Waals surface area contributed by atoms with Crippen LogP contribution in [0.5, 0.6) is 0 Å². The number of halogens is 2. The Bertz CT molecular complexity index is 939. The maximum absolute atomic E-state index is 14.6. The summed E-state index contributed by atoms with van der Waals surface area (Å²) in [6.45, 7) is 0.402. The maximum atomic E-state index is 14.6. The van der Waals surface area contributed by atoms with Crippen molar-refractivity contribution in [1.82, 2.24) is 25.2 Å². The van der Waals surface area contributed by atoms with E-state index in [2.05, 4.69) is 20.4 Å². The largest absolute Gasteiger partial charge is 0.394 e. The first kappa shape index (κ1) is 17.4. The van der Waals surface area contributed by atoms with Crippen LogP contribution in [0.15, 0.2) is 30.5 Å². The molecular formula is C17H16F2N6O2. The number of ether oxygens (including phenoxy) is 1. The second-order valence-electron chi connectivity index (χ2n) is 6.14. The molecule has 4 rings (SSSR count). The van der Waals surface area contributed by atoms with Gasteiger partial charge in [0.15, 0.2) is 0 Å². The summed E-state index contributed by atoms with van der Waals surface area (Å²) >= 11 is 0. The van der Waals surface area contributed by atoms with Gasteiger partial charge in [-0.05, 0) is 23.4 Å². The zero-order valence-electron chi connectivity index (χ0n) is 14.4. The molecule has 3 aromatic rings. The quantitative estimate of drug-likeness (QED) is 0.738. The van der Waals surface area contributed by atoms with E-state index in [-0.39, 0.29) is 25.0 Å². The number of aromatic nitrogens is 5. The molecular weight excluding hydrogens is 358 g/mol. The summed E-state index contributed by atoms with van der Waals surface area (Å²) in [4.78, 5) is 7.13. The molecule has 8 nitrogen and oxygen atoms in total. The third kappa shape index (κ3) is 3.36. The molecule has 0 saturated carbocycles. The van der Waals surface area contributed by atoms with Gasteiger partial charge < -0.3 is 14.7 Å². The van der Waals surface area contributed by atoms with Crippen molar-refractivity contribution in [2.75, 3.05) is 24.8 Å². The molecule has 10 heteroatoms. The molecule has 3 heterocycles. The van der Waals surface area contributed by atoms with Crippen molar-refractivity contribution in [1.29, 1.82) is 0 Å².